The minimum absolute atomic E-state index is 0.0183. The zero-order chi connectivity index (χ0) is 15.0. The van der Waals surface area contributed by atoms with Crippen LogP contribution in [0.4, 0.5) is 0 Å². The molecule has 0 bridgehead atoms. The van der Waals surface area contributed by atoms with Crippen LogP contribution in [0.3, 0.4) is 0 Å². The summed E-state index contributed by atoms with van der Waals surface area (Å²) in [6, 6.07) is 7.15. The second-order valence-electron chi connectivity index (χ2n) is 5.85. The molecule has 3 rings (SSSR count). The third-order valence-electron chi connectivity index (χ3n) is 4.48. The van der Waals surface area contributed by atoms with Gasteiger partial charge in [0, 0.05) is 24.2 Å². The Morgan fingerprint density at radius 1 is 1.33 bits per heavy atom. The van der Waals surface area contributed by atoms with Gasteiger partial charge in [-0.3, -0.25) is 9.59 Å². The first-order chi connectivity index (χ1) is 10.1. The summed E-state index contributed by atoms with van der Waals surface area (Å²) < 4.78 is 0. The highest BCUT2D eigenvalue weighted by atomic mass is 35.5. The summed E-state index contributed by atoms with van der Waals surface area (Å²) in [7, 11) is 0. The predicted octanol–water partition coefficient (Wildman–Crippen LogP) is 2.10. The van der Waals surface area contributed by atoms with Crippen LogP contribution >= 0.6 is 11.6 Å². The van der Waals surface area contributed by atoms with E-state index in [0.717, 1.165) is 24.9 Å². The Bertz CT molecular complexity index is 558. The number of nitrogens with zero attached hydrogens (tertiary/aromatic N) is 2. The second-order valence-corrected chi connectivity index (χ2v) is 6.29. The van der Waals surface area contributed by atoms with Crippen LogP contribution in [0, 0.1) is 0 Å². The quantitative estimate of drug-likeness (QED) is 0.839. The van der Waals surface area contributed by atoms with Gasteiger partial charge in [-0.15, -0.1) is 0 Å². The fourth-order valence-corrected chi connectivity index (χ4v) is 3.40. The molecule has 0 spiro atoms. The SMILES string of the molecule is C[C@H]1C(=O)N2CCC[C@@H]2CN1C(=O)Cc1ccc(Cl)cc1. The van der Waals surface area contributed by atoms with Crippen LogP contribution in [0.1, 0.15) is 25.3 Å². The van der Waals surface area contributed by atoms with Gasteiger partial charge in [-0.2, -0.15) is 0 Å². The molecule has 0 aliphatic carbocycles. The second kappa shape index (κ2) is 5.68. The molecular weight excluding hydrogens is 288 g/mol. The van der Waals surface area contributed by atoms with Crippen molar-refractivity contribution in [1.82, 2.24) is 9.80 Å². The molecule has 1 aromatic carbocycles. The molecule has 0 radical (unpaired) electrons. The molecule has 4 nitrogen and oxygen atoms in total. The Kier molecular flexibility index (Phi) is 3.89. The van der Waals surface area contributed by atoms with Gasteiger partial charge in [-0.25, -0.2) is 0 Å². The molecule has 0 aromatic heterocycles. The molecule has 0 N–H and O–H groups in total. The lowest BCUT2D eigenvalue weighted by molar-refractivity contribution is -0.152. The number of carbonyl (C=O) groups excluding carboxylic acids is 2. The van der Waals surface area contributed by atoms with Crippen molar-refractivity contribution in [2.24, 2.45) is 0 Å². The number of halogens is 1. The van der Waals surface area contributed by atoms with Crippen molar-refractivity contribution in [3.05, 3.63) is 34.9 Å². The van der Waals surface area contributed by atoms with Gasteiger partial charge in [0.05, 0.1) is 6.42 Å². The van der Waals surface area contributed by atoms with E-state index >= 15 is 0 Å². The minimum atomic E-state index is -0.348. The van der Waals surface area contributed by atoms with Crippen molar-refractivity contribution >= 4 is 23.4 Å². The van der Waals surface area contributed by atoms with Gasteiger partial charge >= 0.3 is 0 Å². The summed E-state index contributed by atoms with van der Waals surface area (Å²) >= 11 is 5.85. The number of hydrogen-bond acceptors (Lipinski definition) is 2. The number of piperazine rings is 1. The van der Waals surface area contributed by atoms with Gasteiger partial charge in [-0.1, -0.05) is 23.7 Å². The van der Waals surface area contributed by atoms with Gasteiger partial charge in [0.25, 0.3) is 0 Å². The van der Waals surface area contributed by atoms with Gasteiger partial charge in [-0.05, 0) is 37.5 Å². The molecule has 1 aromatic rings. The maximum Gasteiger partial charge on any atom is 0.245 e. The van der Waals surface area contributed by atoms with Crippen molar-refractivity contribution in [3.63, 3.8) is 0 Å². The Morgan fingerprint density at radius 3 is 2.76 bits per heavy atom. The molecule has 21 heavy (non-hydrogen) atoms. The molecule has 2 aliphatic rings. The Hall–Kier alpha value is -1.55. The van der Waals surface area contributed by atoms with Crippen molar-refractivity contribution in [2.45, 2.75) is 38.3 Å². The maximum absolute atomic E-state index is 12.5. The molecule has 2 heterocycles. The lowest BCUT2D eigenvalue weighted by atomic mass is 10.0. The summed E-state index contributed by atoms with van der Waals surface area (Å²) in [5.41, 5.74) is 0.929. The van der Waals surface area contributed by atoms with Crippen LogP contribution in [0.5, 0.6) is 0 Å². The molecule has 2 saturated heterocycles. The highest BCUT2D eigenvalue weighted by Crippen LogP contribution is 2.26. The number of amides is 2. The first-order valence-electron chi connectivity index (χ1n) is 7.40. The highest BCUT2D eigenvalue weighted by Gasteiger charge is 2.41. The fourth-order valence-electron chi connectivity index (χ4n) is 3.27. The first-order valence-corrected chi connectivity index (χ1v) is 7.78. The molecular formula is C16H19ClN2O2. The standard InChI is InChI=1S/C16H19ClN2O2/c1-11-16(21)18-8-2-3-14(18)10-19(11)15(20)9-12-4-6-13(17)7-5-12/h4-7,11,14H,2-3,8-10H2,1H3/t11-,14+/m0/s1. The highest BCUT2D eigenvalue weighted by molar-refractivity contribution is 6.30. The number of fused-ring (bicyclic) bond motifs is 1. The zero-order valence-corrected chi connectivity index (χ0v) is 12.8. The Labute approximate surface area is 129 Å². The largest absolute Gasteiger partial charge is 0.336 e. The molecule has 2 atom stereocenters. The van der Waals surface area contributed by atoms with Gasteiger partial charge in [0.2, 0.25) is 11.8 Å². The number of benzene rings is 1. The average molecular weight is 307 g/mol. The van der Waals surface area contributed by atoms with Crippen molar-refractivity contribution in [1.29, 1.82) is 0 Å². The monoisotopic (exact) mass is 306 g/mol. The number of hydrogen-bond donors (Lipinski definition) is 0. The Morgan fingerprint density at radius 2 is 2.05 bits per heavy atom. The van der Waals surface area contributed by atoms with E-state index < -0.39 is 0 Å². The third-order valence-corrected chi connectivity index (χ3v) is 4.73. The van der Waals surface area contributed by atoms with Crippen LogP contribution in [-0.4, -0.2) is 46.8 Å². The number of carbonyl (C=O) groups is 2. The maximum atomic E-state index is 12.5. The predicted molar refractivity (Wildman–Crippen MR) is 81.1 cm³/mol. The number of rotatable bonds is 2. The fraction of sp³-hybridized carbons (Fsp3) is 0.500. The van der Waals surface area contributed by atoms with E-state index in [-0.39, 0.29) is 23.9 Å². The van der Waals surface area contributed by atoms with Gasteiger partial charge in [0.1, 0.15) is 6.04 Å². The van der Waals surface area contributed by atoms with E-state index in [1.54, 1.807) is 17.0 Å². The molecule has 0 unspecified atom stereocenters. The molecule has 2 fully saturated rings. The lowest BCUT2D eigenvalue weighted by Gasteiger charge is -2.41. The lowest BCUT2D eigenvalue weighted by Crippen LogP contribution is -2.60. The van der Waals surface area contributed by atoms with Crippen molar-refractivity contribution < 1.29 is 9.59 Å². The summed E-state index contributed by atoms with van der Waals surface area (Å²) in [5, 5.41) is 0.661. The average Bonchev–Trinajstić information content (AvgIpc) is 2.94. The van der Waals surface area contributed by atoms with E-state index in [9.17, 15) is 9.59 Å². The topological polar surface area (TPSA) is 40.6 Å². The van der Waals surface area contributed by atoms with Crippen LogP contribution in [-0.2, 0) is 16.0 Å². The zero-order valence-electron chi connectivity index (χ0n) is 12.1. The summed E-state index contributed by atoms with van der Waals surface area (Å²) in [4.78, 5) is 28.5. The van der Waals surface area contributed by atoms with Crippen molar-refractivity contribution in [3.8, 4) is 0 Å². The third kappa shape index (κ3) is 2.77. The molecule has 2 amide bonds. The molecule has 2 aliphatic heterocycles. The van der Waals surface area contributed by atoms with Crippen LogP contribution in [0.15, 0.2) is 24.3 Å². The normalized spacial score (nSPS) is 25.1. The van der Waals surface area contributed by atoms with Gasteiger partial charge in [0.15, 0.2) is 0 Å². The van der Waals surface area contributed by atoms with E-state index in [1.165, 1.54) is 0 Å². The van der Waals surface area contributed by atoms with Crippen LogP contribution < -0.4 is 0 Å². The van der Waals surface area contributed by atoms with Gasteiger partial charge < -0.3 is 9.80 Å². The Balaban J connectivity index is 1.71. The summed E-state index contributed by atoms with van der Waals surface area (Å²) in [5.74, 6) is 0.109. The smallest absolute Gasteiger partial charge is 0.245 e. The van der Waals surface area contributed by atoms with Crippen molar-refractivity contribution in [2.75, 3.05) is 13.1 Å². The molecule has 5 heteroatoms. The van der Waals surface area contributed by atoms with E-state index in [2.05, 4.69) is 0 Å². The van der Waals surface area contributed by atoms with E-state index in [4.69, 9.17) is 11.6 Å². The minimum Gasteiger partial charge on any atom is -0.336 e. The first kappa shape index (κ1) is 14.4. The summed E-state index contributed by atoms with van der Waals surface area (Å²) in [6.45, 7) is 3.34. The van der Waals surface area contributed by atoms with Crippen LogP contribution in [0.2, 0.25) is 5.02 Å². The van der Waals surface area contributed by atoms with Crippen LogP contribution in [0.25, 0.3) is 0 Å². The van der Waals surface area contributed by atoms with E-state index in [1.807, 2.05) is 24.0 Å². The van der Waals surface area contributed by atoms with E-state index in [0.29, 0.717) is 18.0 Å². The summed E-state index contributed by atoms with van der Waals surface area (Å²) in [6.07, 6.45) is 2.37. The molecule has 112 valence electrons. The molecule has 0 saturated carbocycles.